The fourth-order valence-corrected chi connectivity index (χ4v) is 3.00. The first kappa shape index (κ1) is 15.9. The van der Waals surface area contributed by atoms with Gasteiger partial charge in [-0.25, -0.2) is 13.6 Å². The molecular weight excluding hydrogens is 333 g/mol. The topological polar surface area (TPSA) is 98.2 Å². The number of anilines is 3. The first-order valence-electron chi connectivity index (χ1n) is 5.83. The van der Waals surface area contributed by atoms with E-state index in [2.05, 4.69) is 5.32 Å². The SMILES string of the molecule is Cc1c(Nc2ccc(Cl)c(Cl)c2)cc(N)cc1S(N)(=O)=O. The summed E-state index contributed by atoms with van der Waals surface area (Å²) < 4.78 is 23.1. The Morgan fingerprint density at radius 1 is 1.10 bits per heavy atom. The minimum Gasteiger partial charge on any atom is -0.399 e. The molecule has 0 fully saturated rings. The number of rotatable bonds is 3. The number of nitrogen functional groups attached to an aromatic ring is 1. The molecule has 0 aromatic heterocycles. The summed E-state index contributed by atoms with van der Waals surface area (Å²) in [6.45, 7) is 1.64. The Morgan fingerprint density at radius 2 is 1.76 bits per heavy atom. The van der Waals surface area contributed by atoms with E-state index in [0.717, 1.165) is 0 Å². The molecule has 0 saturated carbocycles. The zero-order chi connectivity index (χ0) is 15.8. The fourth-order valence-electron chi connectivity index (χ4n) is 1.86. The molecule has 0 aliphatic heterocycles. The van der Waals surface area contributed by atoms with Crippen LogP contribution in [0.15, 0.2) is 35.2 Å². The Bertz CT molecular complexity index is 807. The minimum atomic E-state index is -3.85. The van der Waals surface area contributed by atoms with E-state index in [1.165, 1.54) is 6.07 Å². The Morgan fingerprint density at radius 3 is 2.33 bits per heavy atom. The van der Waals surface area contributed by atoms with E-state index in [4.69, 9.17) is 34.1 Å². The molecule has 0 bridgehead atoms. The predicted octanol–water partition coefficient (Wildman–Crippen LogP) is 3.28. The van der Waals surface area contributed by atoms with Gasteiger partial charge in [0.2, 0.25) is 10.0 Å². The lowest BCUT2D eigenvalue weighted by Gasteiger charge is -2.14. The first-order valence-corrected chi connectivity index (χ1v) is 8.13. The lowest BCUT2D eigenvalue weighted by molar-refractivity contribution is 0.597. The Hall–Kier alpha value is -1.47. The number of hydrogen-bond donors (Lipinski definition) is 3. The van der Waals surface area contributed by atoms with Crippen LogP contribution in [-0.4, -0.2) is 8.42 Å². The number of nitrogens with one attached hydrogen (secondary N) is 1. The number of halogens is 2. The number of sulfonamides is 1. The molecule has 112 valence electrons. The van der Waals surface area contributed by atoms with Crippen molar-refractivity contribution >= 4 is 50.3 Å². The quantitative estimate of drug-likeness (QED) is 0.743. The molecule has 0 unspecified atom stereocenters. The van der Waals surface area contributed by atoms with Gasteiger partial charge in [-0.1, -0.05) is 23.2 Å². The second-order valence-corrected chi connectivity index (χ2v) is 6.83. The van der Waals surface area contributed by atoms with E-state index < -0.39 is 10.0 Å². The molecule has 2 aromatic carbocycles. The van der Waals surface area contributed by atoms with E-state index in [9.17, 15) is 8.42 Å². The number of benzene rings is 2. The fraction of sp³-hybridized carbons (Fsp3) is 0.0769. The highest BCUT2D eigenvalue weighted by Gasteiger charge is 2.15. The lowest BCUT2D eigenvalue weighted by atomic mass is 10.1. The summed E-state index contributed by atoms with van der Waals surface area (Å²) >= 11 is 11.8. The standard InChI is InChI=1S/C13H13Cl2N3O2S/c1-7-12(4-8(16)5-13(7)21(17,19)20)18-9-2-3-10(14)11(15)6-9/h2-6,18H,16H2,1H3,(H2,17,19,20). The van der Waals surface area contributed by atoms with Crippen molar-refractivity contribution in [2.24, 2.45) is 5.14 Å². The Balaban J connectivity index is 2.49. The van der Waals surface area contributed by atoms with Crippen molar-refractivity contribution in [1.29, 1.82) is 0 Å². The highest BCUT2D eigenvalue weighted by atomic mass is 35.5. The molecule has 5 nitrogen and oxygen atoms in total. The largest absolute Gasteiger partial charge is 0.399 e. The average molecular weight is 346 g/mol. The predicted molar refractivity (Wildman–Crippen MR) is 86.7 cm³/mol. The third-order valence-electron chi connectivity index (χ3n) is 2.89. The molecule has 2 aromatic rings. The van der Waals surface area contributed by atoms with E-state index in [-0.39, 0.29) is 10.6 Å². The van der Waals surface area contributed by atoms with Gasteiger partial charge in [-0.05, 0) is 42.8 Å². The minimum absolute atomic E-state index is 0.0231. The zero-order valence-corrected chi connectivity index (χ0v) is 13.4. The van der Waals surface area contributed by atoms with Crippen LogP contribution in [0, 0.1) is 6.92 Å². The van der Waals surface area contributed by atoms with E-state index >= 15 is 0 Å². The van der Waals surface area contributed by atoms with Crippen LogP contribution in [0.3, 0.4) is 0 Å². The van der Waals surface area contributed by atoms with Gasteiger partial charge < -0.3 is 11.1 Å². The van der Waals surface area contributed by atoms with Gasteiger partial charge in [0.25, 0.3) is 0 Å². The van der Waals surface area contributed by atoms with Gasteiger partial charge in [0, 0.05) is 17.1 Å². The second kappa shape index (κ2) is 5.73. The maximum atomic E-state index is 11.6. The summed E-state index contributed by atoms with van der Waals surface area (Å²) in [6.07, 6.45) is 0. The van der Waals surface area contributed by atoms with Crippen molar-refractivity contribution in [3.63, 3.8) is 0 Å². The normalized spacial score (nSPS) is 11.4. The summed E-state index contributed by atoms with van der Waals surface area (Å²) in [7, 11) is -3.85. The third kappa shape index (κ3) is 3.59. The molecule has 5 N–H and O–H groups in total. The lowest BCUT2D eigenvalue weighted by Crippen LogP contribution is -2.15. The average Bonchev–Trinajstić information content (AvgIpc) is 2.36. The molecule has 0 aliphatic rings. The monoisotopic (exact) mass is 345 g/mol. The molecule has 0 heterocycles. The zero-order valence-electron chi connectivity index (χ0n) is 11.0. The van der Waals surface area contributed by atoms with Crippen molar-refractivity contribution in [2.75, 3.05) is 11.1 Å². The van der Waals surface area contributed by atoms with Gasteiger partial charge in [-0.15, -0.1) is 0 Å². The maximum absolute atomic E-state index is 11.6. The van der Waals surface area contributed by atoms with Crippen molar-refractivity contribution in [3.8, 4) is 0 Å². The van der Waals surface area contributed by atoms with Crippen LogP contribution in [0.5, 0.6) is 0 Å². The molecule has 21 heavy (non-hydrogen) atoms. The summed E-state index contributed by atoms with van der Waals surface area (Å²) in [6, 6.07) is 7.92. The van der Waals surface area contributed by atoms with Crippen LogP contribution < -0.4 is 16.2 Å². The molecule has 0 amide bonds. The van der Waals surface area contributed by atoms with Crippen molar-refractivity contribution < 1.29 is 8.42 Å². The highest BCUT2D eigenvalue weighted by molar-refractivity contribution is 7.89. The summed E-state index contributed by atoms with van der Waals surface area (Å²) in [4.78, 5) is -0.0231. The second-order valence-electron chi connectivity index (χ2n) is 4.49. The first-order chi connectivity index (χ1) is 9.68. The van der Waals surface area contributed by atoms with E-state index in [0.29, 0.717) is 27.0 Å². The van der Waals surface area contributed by atoms with E-state index in [1.54, 1.807) is 31.2 Å². The summed E-state index contributed by atoms with van der Waals surface area (Å²) in [5.41, 5.74) is 7.66. The number of nitrogens with two attached hydrogens (primary N) is 2. The Kier molecular flexibility index (Phi) is 4.34. The molecule has 0 atom stereocenters. The molecule has 0 aliphatic carbocycles. The van der Waals surface area contributed by atoms with Gasteiger partial charge >= 0.3 is 0 Å². The van der Waals surface area contributed by atoms with Crippen LogP contribution in [0.25, 0.3) is 0 Å². The van der Waals surface area contributed by atoms with Gasteiger partial charge in [0.1, 0.15) is 0 Å². The van der Waals surface area contributed by atoms with Gasteiger partial charge in [0.15, 0.2) is 0 Å². The van der Waals surface area contributed by atoms with Crippen molar-refractivity contribution in [1.82, 2.24) is 0 Å². The third-order valence-corrected chi connectivity index (χ3v) is 4.66. The van der Waals surface area contributed by atoms with Crippen LogP contribution in [-0.2, 0) is 10.0 Å². The summed E-state index contributed by atoms with van der Waals surface area (Å²) in [5.74, 6) is 0. The number of hydrogen-bond acceptors (Lipinski definition) is 4. The van der Waals surface area contributed by atoms with Crippen molar-refractivity contribution in [2.45, 2.75) is 11.8 Å². The molecule has 8 heteroatoms. The highest BCUT2D eigenvalue weighted by Crippen LogP contribution is 2.31. The molecule has 2 rings (SSSR count). The van der Waals surface area contributed by atoms with Crippen LogP contribution in [0.1, 0.15) is 5.56 Å². The van der Waals surface area contributed by atoms with Crippen molar-refractivity contribution in [3.05, 3.63) is 45.9 Å². The Labute approximate surface area is 132 Å². The van der Waals surface area contributed by atoms with Gasteiger partial charge in [-0.2, -0.15) is 0 Å². The smallest absolute Gasteiger partial charge is 0.238 e. The molecular formula is C13H13Cl2N3O2S. The van der Waals surface area contributed by atoms with Crippen LogP contribution in [0.4, 0.5) is 17.1 Å². The van der Waals surface area contributed by atoms with Gasteiger partial charge in [0.05, 0.1) is 14.9 Å². The van der Waals surface area contributed by atoms with E-state index in [1.807, 2.05) is 0 Å². The molecule has 0 spiro atoms. The van der Waals surface area contributed by atoms with Gasteiger partial charge in [-0.3, -0.25) is 0 Å². The molecule has 0 radical (unpaired) electrons. The summed E-state index contributed by atoms with van der Waals surface area (Å²) in [5, 5.41) is 9.05. The van der Waals surface area contributed by atoms with Crippen LogP contribution >= 0.6 is 23.2 Å². The maximum Gasteiger partial charge on any atom is 0.238 e. The number of primary sulfonamides is 1. The van der Waals surface area contributed by atoms with Crippen LogP contribution in [0.2, 0.25) is 10.0 Å². The molecule has 0 saturated heterocycles.